The molecule has 144 valence electrons. The van der Waals surface area contributed by atoms with Crippen molar-refractivity contribution in [2.24, 2.45) is 0 Å². The van der Waals surface area contributed by atoms with Gasteiger partial charge in [-0.25, -0.2) is 14.5 Å². The number of nitrogens with one attached hydrogen (secondary N) is 1. The minimum Gasteiger partial charge on any atom is -0.478 e. The smallest absolute Gasteiger partial charge is 0.335 e. The number of benzene rings is 2. The molecule has 8 heteroatoms. The Kier molecular flexibility index (Phi) is 4.66. The fourth-order valence-electron chi connectivity index (χ4n) is 2.86. The van der Waals surface area contributed by atoms with Crippen molar-refractivity contribution in [3.63, 3.8) is 0 Å². The van der Waals surface area contributed by atoms with Gasteiger partial charge in [-0.15, -0.1) is 0 Å². The quantitative estimate of drug-likeness (QED) is 0.492. The summed E-state index contributed by atoms with van der Waals surface area (Å²) in [7, 11) is 0. The van der Waals surface area contributed by atoms with Crippen LogP contribution in [0.2, 0.25) is 5.02 Å². The molecule has 7 nitrogen and oxygen atoms in total. The van der Waals surface area contributed by atoms with Crippen LogP contribution in [0.5, 0.6) is 0 Å². The largest absolute Gasteiger partial charge is 0.478 e. The molecule has 1 aliphatic rings. The first kappa shape index (κ1) is 18.5. The number of nitrogens with zero attached hydrogens (tertiary/aromatic N) is 1. The van der Waals surface area contributed by atoms with Crippen molar-refractivity contribution in [1.29, 1.82) is 0 Å². The van der Waals surface area contributed by atoms with E-state index in [4.69, 9.17) is 21.1 Å². The summed E-state index contributed by atoms with van der Waals surface area (Å²) in [6, 6.07) is 15.3. The number of carboxylic acid groups (broad SMARTS) is 1. The van der Waals surface area contributed by atoms with Crippen molar-refractivity contribution in [1.82, 2.24) is 5.32 Å². The van der Waals surface area contributed by atoms with Crippen LogP contribution in [0.4, 0.5) is 10.5 Å². The summed E-state index contributed by atoms with van der Waals surface area (Å²) in [5, 5.41) is 12.0. The summed E-state index contributed by atoms with van der Waals surface area (Å²) in [6.07, 6.45) is 1.44. The molecule has 0 saturated carbocycles. The zero-order valence-electron chi connectivity index (χ0n) is 14.8. The number of urea groups is 1. The number of carbonyl (C=O) groups excluding carboxylic acids is 2. The van der Waals surface area contributed by atoms with Gasteiger partial charge in [0, 0.05) is 16.7 Å². The number of imide groups is 1. The second kappa shape index (κ2) is 7.29. The van der Waals surface area contributed by atoms with Crippen LogP contribution < -0.4 is 10.2 Å². The molecule has 0 atom stereocenters. The van der Waals surface area contributed by atoms with Crippen molar-refractivity contribution >= 4 is 41.3 Å². The van der Waals surface area contributed by atoms with Gasteiger partial charge in [0.05, 0.1) is 11.3 Å². The maximum absolute atomic E-state index is 12.6. The van der Waals surface area contributed by atoms with Gasteiger partial charge in [0.2, 0.25) is 0 Å². The highest BCUT2D eigenvalue weighted by atomic mass is 35.5. The first-order valence-corrected chi connectivity index (χ1v) is 8.86. The van der Waals surface area contributed by atoms with E-state index in [-0.39, 0.29) is 11.3 Å². The lowest BCUT2D eigenvalue weighted by Gasteiger charge is -2.11. The van der Waals surface area contributed by atoms with Crippen LogP contribution >= 0.6 is 11.6 Å². The fourth-order valence-corrected chi connectivity index (χ4v) is 2.99. The molecule has 3 amide bonds. The molecule has 0 bridgehead atoms. The number of anilines is 1. The number of carboxylic acids is 1. The molecular weight excluding hydrogens is 396 g/mol. The van der Waals surface area contributed by atoms with E-state index in [0.29, 0.717) is 27.8 Å². The minimum absolute atomic E-state index is 0.0760. The highest BCUT2D eigenvalue weighted by Gasteiger charge is 2.35. The van der Waals surface area contributed by atoms with Crippen molar-refractivity contribution in [3.8, 4) is 11.3 Å². The van der Waals surface area contributed by atoms with Gasteiger partial charge >= 0.3 is 12.0 Å². The highest BCUT2D eigenvalue weighted by molar-refractivity contribution is 6.31. The zero-order valence-corrected chi connectivity index (χ0v) is 15.5. The average molecular weight is 409 g/mol. The van der Waals surface area contributed by atoms with Crippen LogP contribution in [0.3, 0.4) is 0 Å². The van der Waals surface area contributed by atoms with E-state index < -0.39 is 17.9 Å². The number of amides is 3. The Labute approximate surface area is 169 Å². The normalized spacial score (nSPS) is 15.1. The van der Waals surface area contributed by atoms with Crippen LogP contribution in [-0.2, 0) is 4.79 Å². The standard InChI is InChI=1S/C21H13ClN2O5/c22-14-5-7-15(8-6-14)24-19(25)17(23-21(24)28)11-16-9-10-18(29-16)12-1-3-13(4-2-12)20(26)27/h1-11H,(H,23,28)(H,26,27). The predicted molar refractivity (Wildman–Crippen MR) is 107 cm³/mol. The number of hydrogen-bond acceptors (Lipinski definition) is 4. The van der Waals surface area contributed by atoms with Crippen LogP contribution in [0, 0.1) is 0 Å². The summed E-state index contributed by atoms with van der Waals surface area (Å²) in [5.74, 6) is -0.660. The molecule has 2 aromatic carbocycles. The third kappa shape index (κ3) is 3.63. The van der Waals surface area contributed by atoms with E-state index in [0.717, 1.165) is 4.90 Å². The van der Waals surface area contributed by atoms with E-state index >= 15 is 0 Å². The number of carbonyl (C=O) groups is 3. The van der Waals surface area contributed by atoms with Crippen LogP contribution in [-0.4, -0.2) is 23.0 Å². The van der Waals surface area contributed by atoms with Gasteiger partial charge < -0.3 is 14.8 Å². The molecule has 1 fully saturated rings. The van der Waals surface area contributed by atoms with Crippen LogP contribution in [0.25, 0.3) is 17.4 Å². The lowest BCUT2D eigenvalue weighted by atomic mass is 10.1. The number of rotatable bonds is 4. The molecule has 0 aliphatic carbocycles. The number of hydrogen-bond donors (Lipinski definition) is 2. The summed E-state index contributed by atoms with van der Waals surface area (Å²) < 4.78 is 5.71. The maximum atomic E-state index is 12.6. The van der Waals surface area contributed by atoms with Gasteiger partial charge in [-0.3, -0.25) is 4.79 Å². The van der Waals surface area contributed by atoms with E-state index in [9.17, 15) is 14.4 Å². The molecule has 0 radical (unpaired) electrons. The highest BCUT2D eigenvalue weighted by Crippen LogP contribution is 2.26. The van der Waals surface area contributed by atoms with E-state index in [1.807, 2.05) is 0 Å². The Bertz CT molecular complexity index is 1150. The third-order valence-corrected chi connectivity index (χ3v) is 4.54. The molecule has 2 heterocycles. The summed E-state index contributed by atoms with van der Waals surface area (Å²) >= 11 is 5.85. The summed E-state index contributed by atoms with van der Waals surface area (Å²) in [6.45, 7) is 0. The second-order valence-corrected chi connectivity index (χ2v) is 6.63. The van der Waals surface area contributed by atoms with Gasteiger partial charge in [0.15, 0.2) is 0 Å². The Morgan fingerprint density at radius 2 is 1.69 bits per heavy atom. The van der Waals surface area contributed by atoms with Crippen molar-refractivity contribution in [2.75, 3.05) is 4.90 Å². The summed E-state index contributed by atoms with van der Waals surface area (Å²) in [4.78, 5) is 36.8. The van der Waals surface area contributed by atoms with Crippen molar-refractivity contribution < 1.29 is 23.9 Å². The molecule has 1 aromatic heterocycles. The molecule has 0 spiro atoms. The van der Waals surface area contributed by atoms with Gasteiger partial charge in [-0.2, -0.15) is 0 Å². The van der Waals surface area contributed by atoms with E-state index in [1.54, 1.807) is 48.5 Å². The van der Waals surface area contributed by atoms with E-state index in [1.165, 1.54) is 18.2 Å². The average Bonchev–Trinajstić information content (AvgIpc) is 3.28. The molecule has 3 aromatic rings. The van der Waals surface area contributed by atoms with Gasteiger partial charge in [0.25, 0.3) is 5.91 Å². The zero-order chi connectivity index (χ0) is 20.5. The molecular formula is C21H13ClN2O5. The predicted octanol–water partition coefficient (Wildman–Crippen LogP) is 4.40. The SMILES string of the molecule is O=C(O)c1ccc(-c2ccc(C=C3NC(=O)N(c4ccc(Cl)cc4)C3=O)o2)cc1. The van der Waals surface area contributed by atoms with Crippen molar-refractivity contribution in [3.05, 3.63) is 82.7 Å². The monoisotopic (exact) mass is 408 g/mol. The summed E-state index contributed by atoms with van der Waals surface area (Å²) in [5.41, 5.74) is 1.33. The Morgan fingerprint density at radius 1 is 1.00 bits per heavy atom. The van der Waals surface area contributed by atoms with Gasteiger partial charge in [-0.1, -0.05) is 23.7 Å². The molecule has 2 N–H and O–H groups in total. The Hall–Kier alpha value is -3.84. The molecule has 0 unspecified atom stereocenters. The van der Waals surface area contributed by atoms with Crippen LogP contribution in [0.1, 0.15) is 16.1 Å². The molecule has 1 saturated heterocycles. The number of halogens is 1. The van der Waals surface area contributed by atoms with Crippen LogP contribution in [0.15, 0.2) is 70.8 Å². The number of aromatic carboxylic acids is 1. The first-order chi connectivity index (χ1) is 13.9. The lowest BCUT2D eigenvalue weighted by molar-refractivity contribution is -0.113. The fraction of sp³-hybridized carbons (Fsp3) is 0. The van der Waals surface area contributed by atoms with Crippen molar-refractivity contribution in [2.45, 2.75) is 0 Å². The number of furan rings is 1. The Morgan fingerprint density at radius 3 is 2.34 bits per heavy atom. The lowest BCUT2D eigenvalue weighted by Crippen LogP contribution is -2.30. The minimum atomic E-state index is -1.01. The van der Waals surface area contributed by atoms with Gasteiger partial charge in [0.1, 0.15) is 17.2 Å². The maximum Gasteiger partial charge on any atom is 0.335 e. The molecule has 1 aliphatic heterocycles. The Balaban J connectivity index is 1.57. The van der Waals surface area contributed by atoms with Gasteiger partial charge in [-0.05, 0) is 48.5 Å². The second-order valence-electron chi connectivity index (χ2n) is 6.19. The topological polar surface area (TPSA) is 99.9 Å². The third-order valence-electron chi connectivity index (χ3n) is 4.29. The van der Waals surface area contributed by atoms with E-state index in [2.05, 4.69) is 5.32 Å². The molecule has 29 heavy (non-hydrogen) atoms. The molecule has 4 rings (SSSR count). The first-order valence-electron chi connectivity index (χ1n) is 8.48.